The Morgan fingerprint density at radius 1 is 0.750 bits per heavy atom. The number of imidazole rings is 1. The van der Waals surface area contributed by atoms with Crippen molar-refractivity contribution in [2.24, 2.45) is 0 Å². The van der Waals surface area contributed by atoms with Crippen molar-refractivity contribution in [3.05, 3.63) is 66.7 Å². The van der Waals surface area contributed by atoms with Gasteiger partial charge in [-0.25, -0.2) is 4.98 Å². The van der Waals surface area contributed by atoms with Crippen LogP contribution in [0.1, 0.15) is 0 Å². The molecular formula is C19H13BN2O2. The maximum atomic E-state index is 9.42. The first-order valence-electron chi connectivity index (χ1n) is 7.82. The highest BCUT2D eigenvalue weighted by atomic mass is 16.4. The summed E-state index contributed by atoms with van der Waals surface area (Å²) in [4.78, 5) is 4.78. The summed E-state index contributed by atoms with van der Waals surface area (Å²) in [5, 5.41) is 22.3. The summed E-state index contributed by atoms with van der Waals surface area (Å²) in [6, 6.07) is 21.9. The molecule has 4 nitrogen and oxygen atoms in total. The van der Waals surface area contributed by atoms with Gasteiger partial charge in [0.15, 0.2) is 0 Å². The lowest BCUT2D eigenvalue weighted by atomic mass is 9.80. The molecule has 0 atom stereocenters. The third-order valence-electron chi connectivity index (χ3n) is 4.58. The van der Waals surface area contributed by atoms with E-state index >= 15 is 0 Å². The van der Waals surface area contributed by atoms with E-state index in [0.29, 0.717) is 5.46 Å². The van der Waals surface area contributed by atoms with Crippen LogP contribution in [0.5, 0.6) is 0 Å². The second-order valence-electron chi connectivity index (χ2n) is 5.96. The minimum atomic E-state index is -1.49. The van der Waals surface area contributed by atoms with E-state index in [9.17, 15) is 10.0 Å². The van der Waals surface area contributed by atoms with Crippen molar-refractivity contribution >= 4 is 50.9 Å². The molecule has 2 N–H and O–H groups in total. The summed E-state index contributed by atoms with van der Waals surface area (Å²) in [5.74, 6) is 0. The van der Waals surface area contributed by atoms with Crippen molar-refractivity contribution in [2.75, 3.05) is 0 Å². The highest BCUT2D eigenvalue weighted by molar-refractivity contribution is 6.58. The molecule has 114 valence electrons. The lowest BCUT2D eigenvalue weighted by molar-refractivity contribution is 0.426. The van der Waals surface area contributed by atoms with Gasteiger partial charge in [0, 0.05) is 10.8 Å². The van der Waals surface area contributed by atoms with Gasteiger partial charge < -0.3 is 10.0 Å². The number of aromatic nitrogens is 2. The van der Waals surface area contributed by atoms with E-state index in [1.807, 2.05) is 30.3 Å². The molecule has 0 amide bonds. The number of hydrogen-bond donors (Lipinski definition) is 2. The quantitative estimate of drug-likeness (QED) is 0.369. The van der Waals surface area contributed by atoms with Crippen LogP contribution < -0.4 is 5.46 Å². The standard InChI is InChI=1S/C19H13BN2O2/c23-20(24)12-9-10-18-16(11-12)21-19-15-7-2-1-5-13(15)14-6-3-4-8-17(14)22(18)19/h1-11,23-24H. The molecule has 0 bridgehead atoms. The first-order valence-corrected chi connectivity index (χ1v) is 7.82. The van der Waals surface area contributed by atoms with E-state index in [-0.39, 0.29) is 0 Å². The predicted molar refractivity (Wildman–Crippen MR) is 97.5 cm³/mol. The Balaban J connectivity index is 2.08. The molecule has 5 aromatic rings. The smallest absolute Gasteiger partial charge is 0.423 e. The molecule has 3 aromatic carbocycles. The van der Waals surface area contributed by atoms with E-state index in [0.717, 1.165) is 27.6 Å². The molecule has 0 fully saturated rings. The predicted octanol–water partition coefficient (Wildman–Crippen LogP) is 2.47. The van der Waals surface area contributed by atoms with Gasteiger partial charge in [0.2, 0.25) is 0 Å². The maximum absolute atomic E-state index is 9.42. The number of pyridine rings is 1. The Hall–Kier alpha value is -2.89. The number of fused-ring (bicyclic) bond motifs is 8. The molecule has 2 aromatic heterocycles. The molecule has 0 saturated heterocycles. The van der Waals surface area contributed by atoms with Gasteiger partial charge in [-0.1, -0.05) is 48.5 Å². The molecular weight excluding hydrogens is 299 g/mol. The highest BCUT2D eigenvalue weighted by Gasteiger charge is 2.16. The van der Waals surface area contributed by atoms with Crippen LogP contribution in [-0.4, -0.2) is 26.6 Å². The van der Waals surface area contributed by atoms with E-state index in [1.54, 1.807) is 12.1 Å². The summed E-state index contributed by atoms with van der Waals surface area (Å²) < 4.78 is 2.14. The van der Waals surface area contributed by atoms with Gasteiger partial charge in [-0.2, -0.15) is 0 Å². The van der Waals surface area contributed by atoms with Crippen LogP contribution in [0.15, 0.2) is 66.7 Å². The zero-order valence-electron chi connectivity index (χ0n) is 12.7. The van der Waals surface area contributed by atoms with E-state index in [1.165, 1.54) is 10.8 Å². The fourth-order valence-electron chi connectivity index (χ4n) is 3.49. The largest absolute Gasteiger partial charge is 0.488 e. The van der Waals surface area contributed by atoms with Crippen LogP contribution in [0.25, 0.3) is 38.4 Å². The van der Waals surface area contributed by atoms with Gasteiger partial charge in [-0.3, -0.25) is 4.40 Å². The zero-order valence-corrected chi connectivity index (χ0v) is 12.7. The van der Waals surface area contributed by atoms with E-state index in [4.69, 9.17) is 4.98 Å². The van der Waals surface area contributed by atoms with Crippen molar-refractivity contribution in [1.82, 2.24) is 9.38 Å². The summed E-state index contributed by atoms with van der Waals surface area (Å²) in [6.45, 7) is 0. The van der Waals surface area contributed by atoms with Gasteiger partial charge in [0.25, 0.3) is 0 Å². The van der Waals surface area contributed by atoms with Gasteiger partial charge in [-0.05, 0) is 29.0 Å². The van der Waals surface area contributed by atoms with Crippen molar-refractivity contribution in [3.63, 3.8) is 0 Å². The Morgan fingerprint density at radius 2 is 1.46 bits per heavy atom. The molecule has 0 aliphatic rings. The Bertz CT molecular complexity index is 1240. The first-order chi connectivity index (χ1) is 11.7. The van der Waals surface area contributed by atoms with Crippen LogP contribution in [0.2, 0.25) is 0 Å². The van der Waals surface area contributed by atoms with Gasteiger partial charge in [-0.15, -0.1) is 0 Å². The second kappa shape index (κ2) is 4.80. The number of nitrogens with zero attached hydrogens (tertiary/aromatic N) is 2. The second-order valence-corrected chi connectivity index (χ2v) is 5.96. The van der Waals surface area contributed by atoms with Crippen LogP contribution >= 0.6 is 0 Å². The average Bonchev–Trinajstić information content (AvgIpc) is 3.01. The molecule has 0 radical (unpaired) electrons. The third kappa shape index (κ3) is 1.74. The molecule has 0 aliphatic carbocycles. The van der Waals surface area contributed by atoms with Crippen LogP contribution in [0, 0.1) is 0 Å². The minimum absolute atomic E-state index is 0.444. The molecule has 0 saturated carbocycles. The van der Waals surface area contributed by atoms with Crippen molar-refractivity contribution in [1.29, 1.82) is 0 Å². The van der Waals surface area contributed by atoms with Gasteiger partial charge in [0.1, 0.15) is 5.65 Å². The van der Waals surface area contributed by atoms with E-state index < -0.39 is 7.12 Å². The fourth-order valence-corrected chi connectivity index (χ4v) is 3.49. The topological polar surface area (TPSA) is 57.8 Å². The van der Waals surface area contributed by atoms with Crippen LogP contribution in [0.3, 0.4) is 0 Å². The first kappa shape index (κ1) is 13.5. The Kier molecular flexibility index (Phi) is 2.71. The Morgan fingerprint density at radius 3 is 2.25 bits per heavy atom. The number of rotatable bonds is 1. The molecule has 0 unspecified atom stereocenters. The summed E-state index contributed by atoms with van der Waals surface area (Å²) in [5.41, 5.74) is 4.12. The lowest BCUT2D eigenvalue weighted by Crippen LogP contribution is -2.29. The van der Waals surface area contributed by atoms with Crippen LogP contribution in [0.4, 0.5) is 0 Å². The maximum Gasteiger partial charge on any atom is 0.488 e. The van der Waals surface area contributed by atoms with E-state index in [2.05, 4.69) is 28.7 Å². The number of hydrogen-bond acceptors (Lipinski definition) is 3. The van der Waals surface area contributed by atoms with Gasteiger partial charge in [0.05, 0.1) is 16.6 Å². The monoisotopic (exact) mass is 312 g/mol. The number of para-hydroxylation sites is 1. The lowest BCUT2D eigenvalue weighted by Gasteiger charge is -2.08. The van der Waals surface area contributed by atoms with Gasteiger partial charge >= 0.3 is 7.12 Å². The van der Waals surface area contributed by atoms with Crippen molar-refractivity contribution < 1.29 is 10.0 Å². The normalized spacial score (nSPS) is 11.8. The minimum Gasteiger partial charge on any atom is -0.423 e. The molecule has 0 spiro atoms. The molecule has 0 aliphatic heterocycles. The van der Waals surface area contributed by atoms with Crippen molar-refractivity contribution in [2.45, 2.75) is 0 Å². The van der Waals surface area contributed by atoms with Crippen LogP contribution in [-0.2, 0) is 0 Å². The average molecular weight is 312 g/mol. The summed E-state index contributed by atoms with van der Waals surface area (Å²) in [6.07, 6.45) is 0. The molecule has 5 rings (SSSR count). The third-order valence-corrected chi connectivity index (χ3v) is 4.58. The highest BCUT2D eigenvalue weighted by Crippen LogP contribution is 2.31. The number of benzene rings is 3. The van der Waals surface area contributed by atoms with Crippen molar-refractivity contribution in [3.8, 4) is 0 Å². The molecule has 24 heavy (non-hydrogen) atoms. The zero-order chi connectivity index (χ0) is 16.3. The molecule has 5 heteroatoms. The summed E-state index contributed by atoms with van der Waals surface area (Å²) in [7, 11) is -1.49. The summed E-state index contributed by atoms with van der Waals surface area (Å²) >= 11 is 0. The molecule has 2 heterocycles. The fraction of sp³-hybridized carbons (Fsp3) is 0. The SMILES string of the molecule is OB(O)c1ccc2c(c1)nc1c3ccccc3c3ccccc3n21. The Labute approximate surface area is 137 Å².